The number of carbonyl (C=O) groups is 1. The van der Waals surface area contributed by atoms with E-state index in [1.54, 1.807) is 18.3 Å². The number of fused-ring (bicyclic) bond motifs is 1. The highest BCUT2D eigenvalue weighted by molar-refractivity contribution is 5.95. The molecule has 1 N–H and O–H groups in total. The molecule has 118 valence electrons. The predicted octanol–water partition coefficient (Wildman–Crippen LogP) is 3.47. The van der Waals surface area contributed by atoms with Crippen LogP contribution in [0.4, 0.5) is 0 Å². The molecule has 1 atom stereocenters. The van der Waals surface area contributed by atoms with Crippen molar-refractivity contribution in [1.29, 1.82) is 0 Å². The predicted molar refractivity (Wildman–Crippen MR) is 90.6 cm³/mol. The van der Waals surface area contributed by atoms with Gasteiger partial charge < -0.3 is 10.2 Å². The highest BCUT2D eigenvalue weighted by atomic mass is 16.6. The van der Waals surface area contributed by atoms with E-state index in [0.29, 0.717) is 5.56 Å². The Morgan fingerprint density at radius 1 is 1.22 bits per heavy atom. The summed E-state index contributed by atoms with van der Waals surface area (Å²) < 4.78 is 0. The maximum atomic E-state index is 12.5. The molecule has 2 aromatic rings. The van der Waals surface area contributed by atoms with Crippen molar-refractivity contribution in [2.24, 2.45) is 5.16 Å². The lowest BCUT2D eigenvalue weighted by Gasteiger charge is -2.26. The summed E-state index contributed by atoms with van der Waals surface area (Å²) in [5.41, 5.74) is 4.14. The standard InChI is InChI=1S/C19H20N2O2/c1-23-20-13-14-9-11-16(12-10-14)19(22)21-18-8-4-6-15-5-2-3-7-17(15)18/h2-3,5,7,9-13,18H,4,6,8H2,1H3,(H,21,22)/b20-13+. The Labute approximate surface area is 136 Å². The van der Waals surface area contributed by atoms with Crippen LogP contribution < -0.4 is 5.32 Å². The van der Waals surface area contributed by atoms with E-state index in [9.17, 15) is 4.79 Å². The van der Waals surface area contributed by atoms with Crippen molar-refractivity contribution in [1.82, 2.24) is 5.32 Å². The van der Waals surface area contributed by atoms with Gasteiger partial charge in [-0.2, -0.15) is 0 Å². The van der Waals surface area contributed by atoms with Crippen molar-refractivity contribution in [3.8, 4) is 0 Å². The highest BCUT2D eigenvalue weighted by Gasteiger charge is 2.21. The third-order valence-corrected chi connectivity index (χ3v) is 4.15. The average Bonchev–Trinajstić information content (AvgIpc) is 2.60. The van der Waals surface area contributed by atoms with Crippen LogP contribution in [0.2, 0.25) is 0 Å². The second-order valence-corrected chi connectivity index (χ2v) is 5.66. The fourth-order valence-corrected chi connectivity index (χ4v) is 2.98. The molecule has 23 heavy (non-hydrogen) atoms. The smallest absolute Gasteiger partial charge is 0.251 e. The van der Waals surface area contributed by atoms with Crippen molar-refractivity contribution >= 4 is 12.1 Å². The molecule has 0 saturated heterocycles. The Kier molecular flexibility index (Phi) is 4.71. The molecule has 0 aromatic heterocycles. The van der Waals surface area contributed by atoms with Gasteiger partial charge in [0.25, 0.3) is 5.91 Å². The lowest BCUT2D eigenvalue weighted by molar-refractivity contribution is 0.0933. The van der Waals surface area contributed by atoms with Crippen LogP contribution in [-0.2, 0) is 11.3 Å². The van der Waals surface area contributed by atoms with Crippen molar-refractivity contribution in [3.63, 3.8) is 0 Å². The Bertz CT molecular complexity index is 708. The molecule has 2 aromatic carbocycles. The first-order chi connectivity index (χ1) is 11.3. The lowest BCUT2D eigenvalue weighted by atomic mass is 9.87. The summed E-state index contributed by atoms with van der Waals surface area (Å²) in [6.45, 7) is 0. The van der Waals surface area contributed by atoms with E-state index in [0.717, 1.165) is 24.8 Å². The molecule has 0 heterocycles. The Morgan fingerprint density at radius 2 is 2.00 bits per heavy atom. The number of nitrogens with one attached hydrogen (secondary N) is 1. The van der Waals surface area contributed by atoms with E-state index >= 15 is 0 Å². The lowest BCUT2D eigenvalue weighted by Crippen LogP contribution is -2.30. The molecule has 0 radical (unpaired) electrons. The van der Waals surface area contributed by atoms with E-state index in [-0.39, 0.29) is 11.9 Å². The van der Waals surface area contributed by atoms with Crippen LogP contribution >= 0.6 is 0 Å². The van der Waals surface area contributed by atoms with Crippen LogP contribution in [0.15, 0.2) is 53.7 Å². The molecule has 0 bridgehead atoms. The second kappa shape index (κ2) is 7.09. The number of hydrogen-bond donors (Lipinski definition) is 1. The van der Waals surface area contributed by atoms with Crippen molar-refractivity contribution in [2.45, 2.75) is 25.3 Å². The topological polar surface area (TPSA) is 50.7 Å². The van der Waals surface area contributed by atoms with Crippen molar-refractivity contribution in [2.75, 3.05) is 7.11 Å². The summed E-state index contributed by atoms with van der Waals surface area (Å²) in [6, 6.07) is 15.8. The van der Waals surface area contributed by atoms with Gasteiger partial charge in [-0.3, -0.25) is 4.79 Å². The zero-order valence-corrected chi connectivity index (χ0v) is 13.2. The normalized spacial score (nSPS) is 16.8. The summed E-state index contributed by atoms with van der Waals surface area (Å²) >= 11 is 0. The molecule has 1 aliphatic rings. The number of amides is 1. The van der Waals surface area contributed by atoms with Gasteiger partial charge in [-0.15, -0.1) is 0 Å². The van der Waals surface area contributed by atoms with E-state index < -0.39 is 0 Å². The fraction of sp³-hybridized carbons (Fsp3) is 0.263. The largest absolute Gasteiger partial charge is 0.399 e. The number of benzene rings is 2. The molecular weight excluding hydrogens is 288 g/mol. The molecule has 0 aliphatic heterocycles. The van der Waals surface area contributed by atoms with Gasteiger partial charge in [0.1, 0.15) is 7.11 Å². The fourth-order valence-electron chi connectivity index (χ4n) is 2.98. The summed E-state index contributed by atoms with van der Waals surface area (Å²) in [6.07, 6.45) is 4.80. The zero-order chi connectivity index (χ0) is 16.1. The van der Waals surface area contributed by atoms with Gasteiger partial charge in [-0.05, 0) is 48.1 Å². The minimum Gasteiger partial charge on any atom is -0.399 e. The van der Waals surface area contributed by atoms with Gasteiger partial charge in [0.2, 0.25) is 0 Å². The van der Waals surface area contributed by atoms with Gasteiger partial charge in [0, 0.05) is 5.56 Å². The molecule has 4 heteroatoms. The Morgan fingerprint density at radius 3 is 2.78 bits per heavy atom. The third kappa shape index (κ3) is 3.59. The summed E-state index contributed by atoms with van der Waals surface area (Å²) in [5.74, 6) is -0.0399. The van der Waals surface area contributed by atoms with Crippen LogP contribution in [0.5, 0.6) is 0 Å². The van der Waals surface area contributed by atoms with Gasteiger partial charge in [0.15, 0.2) is 0 Å². The first-order valence-corrected chi connectivity index (χ1v) is 7.83. The number of oxime groups is 1. The second-order valence-electron chi connectivity index (χ2n) is 5.66. The van der Waals surface area contributed by atoms with Gasteiger partial charge >= 0.3 is 0 Å². The number of aryl methyl sites for hydroxylation is 1. The molecule has 0 saturated carbocycles. The SMILES string of the molecule is CO/N=C/c1ccc(C(=O)NC2CCCc3ccccc32)cc1. The van der Waals surface area contributed by atoms with E-state index in [1.165, 1.54) is 18.2 Å². The number of nitrogens with zero attached hydrogens (tertiary/aromatic N) is 1. The van der Waals surface area contributed by atoms with Crippen LogP contribution in [0.1, 0.15) is 45.9 Å². The third-order valence-electron chi connectivity index (χ3n) is 4.15. The summed E-state index contributed by atoms with van der Waals surface area (Å²) in [7, 11) is 1.50. The van der Waals surface area contributed by atoms with Crippen LogP contribution in [0.3, 0.4) is 0 Å². The van der Waals surface area contributed by atoms with Crippen molar-refractivity contribution < 1.29 is 9.63 Å². The number of hydrogen-bond acceptors (Lipinski definition) is 3. The van der Waals surface area contributed by atoms with Crippen molar-refractivity contribution in [3.05, 3.63) is 70.8 Å². The molecule has 3 rings (SSSR count). The maximum Gasteiger partial charge on any atom is 0.251 e. The highest BCUT2D eigenvalue weighted by Crippen LogP contribution is 2.29. The molecular formula is C19H20N2O2. The maximum absolute atomic E-state index is 12.5. The summed E-state index contributed by atoms with van der Waals surface area (Å²) in [4.78, 5) is 17.1. The molecule has 1 amide bonds. The number of rotatable bonds is 4. The van der Waals surface area contributed by atoms with Crippen LogP contribution in [0, 0.1) is 0 Å². The number of carbonyl (C=O) groups excluding carboxylic acids is 1. The molecule has 1 unspecified atom stereocenters. The first kappa shape index (κ1) is 15.3. The van der Waals surface area contributed by atoms with E-state index in [2.05, 4.69) is 33.5 Å². The minimum atomic E-state index is -0.0399. The molecule has 0 fully saturated rings. The van der Waals surface area contributed by atoms with Gasteiger partial charge in [0.05, 0.1) is 12.3 Å². The van der Waals surface area contributed by atoms with Crippen LogP contribution in [0.25, 0.3) is 0 Å². The van der Waals surface area contributed by atoms with E-state index in [1.807, 2.05) is 18.2 Å². The first-order valence-electron chi connectivity index (χ1n) is 7.83. The molecule has 4 nitrogen and oxygen atoms in total. The zero-order valence-electron chi connectivity index (χ0n) is 13.2. The van der Waals surface area contributed by atoms with Crippen LogP contribution in [-0.4, -0.2) is 19.2 Å². The minimum absolute atomic E-state index is 0.0399. The molecule has 0 spiro atoms. The summed E-state index contributed by atoms with van der Waals surface area (Å²) in [5, 5.41) is 6.87. The quantitative estimate of drug-likeness (QED) is 0.694. The van der Waals surface area contributed by atoms with Gasteiger partial charge in [-0.25, -0.2) is 0 Å². The average molecular weight is 308 g/mol. The Balaban J connectivity index is 1.71. The molecule has 1 aliphatic carbocycles. The van der Waals surface area contributed by atoms with Gasteiger partial charge in [-0.1, -0.05) is 41.6 Å². The van der Waals surface area contributed by atoms with E-state index in [4.69, 9.17) is 0 Å². The monoisotopic (exact) mass is 308 g/mol. The Hall–Kier alpha value is -2.62.